The number of amides is 1. The van der Waals surface area contributed by atoms with Gasteiger partial charge in [0.25, 0.3) is 0 Å². The third-order valence-corrected chi connectivity index (χ3v) is 6.34. The van der Waals surface area contributed by atoms with Crippen LogP contribution in [0.1, 0.15) is 52.8 Å². The number of H-pyrrole nitrogens is 1. The van der Waals surface area contributed by atoms with E-state index in [1.54, 1.807) is 19.1 Å². The van der Waals surface area contributed by atoms with E-state index in [-0.39, 0.29) is 29.1 Å². The van der Waals surface area contributed by atoms with Crippen molar-refractivity contribution in [3.8, 4) is 5.88 Å². The smallest absolute Gasteiger partial charge is 0.388 e. The Balaban J connectivity index is 1.64. The maximum absolute atomic E-state index is 13.8. The van der Waals surface area contributed by atoms with Crippen molar-refractivity contribution in [3.63, 3.8) is 0 Å². The number of hydrogen-bond acceptors (Lipinski definition) is 5. The van der Waals surface area contributed by atoms with Gasteiger partial charge < -0.3 is 20.1 Å². The molecule has 0 aliphatic carbocycles. The van der Waals surface area contributed by atoms with E-state index in [1.165, 1.54) is 12.1 Å². The summed E-state index contributed by atoms with van der Waals surface area (Å²) in [6, 6.07) is 14.0. The predicted molar refractivity (Wildman–Crippen MR) is 129 cm³/mol. The molecule has 8 nitrogen and oxygen atoms in total. The molecule has 1 saturated heterocycles. The highest BCUT2D eigenvalue weighted by Crippen LogP contribution is 2.41. The summed E-state index contributed by atoms with van der Waals surface area (Å²) in [5.41, 5.74) is 2.29. The molecule has 10 heteroatoms. The third kappa shape index (κ3) is 5.08. The van der Waals surface area contributed by atoms with Crippen LogP contribution in [0.4, 0.5) is 14.5 Å². The third-order valence-electron chi connectivity index (χ3n) is 6.34. The molecule has 0 unspecified atom stereocenters. The minimum Gasteiger partial charge on any atom is -0.477 e. The van der Waals surface area contributed by atoms with Gasteiger partial charge in [-0.1, -0.05) is 38.1 Å². The van der Waals surface area contributed by atoms with Crippen molar-refractivity contribution >= 4 is 17.6 Å². The number of aromatic carboxylic acids is 1. The molecule has 1 fully saturated rings. The Labute approximate surface area is 207 Å². The Kier molecular flexibility index (Phi) is 7.07. The molecule has 1 aliphatic heterocycles. The van der Waals surface area contributed by atoms with E-state index in [1.807, 2.05) is 43.0 Å². The average molecular weight is 499 g/mol. The molecule has 3 N–H and O–H groups in total. The van der Waals surface area contributed by atoms with E-state index in [4.69, 9.17) is 5.11 Å². The van der Waals surface area contributed by atoms with Gasteiger partial charge in [-0.3, -0.25) is 9.69 Å². The molecule has 1 aliphatic rings. The summed E-state index contributed by atoms with van der Waals surface area (Å²) in [6.45, 7) is 3.80. The number of carbonyl (C=O) groups is 2. The Morgan fingerprint density at radius 1 is 1.17 bits per heavy atom. The quantitative estimate of drug-likeness (QED) is 0.400. The van der Waals surface area contributed by atoms with Gasteiger partial charge in [0.2, 0.25) is 11.8 Å². The lowest BCUT2D eigenvalue weighted by Gasteiger charge is -2.50. The second-order valence-corrected chi connectivity index (χ2v) is 9.31. The summed E-state index contributed by atoms with van der Waals surface area (Å²) in [5, 5.41) is 11.9. The first-order valence-electron chi connectivity index (χ1n) is 11.6. The SMILES string of the molecule is Cc1ccc(NC(=O)C2(c3ccccc3C(C)C)CN(Cc3ccc(C(=O)O)[nH]3)C2)c(OC(F)F)n1. The number of rotatable bonds is 9. The standard InChI is InChI=1S/C26H28F2N4O4/c1-15(2)18-6-4-5-7-19(18)26(13-32(14-26)12-17-9-11-21(30-17)23(33)34)24(35)31-20-10-8-16(3)29-22(20)36-25(27)28/h4-11,15,25,30H,12-14H2,1-3H3,(H,31,35)(H,33,34). The van der Waals surface area contributed by atoms with Gasteiger partial charge >= 0.3 is 12.6 Å². The van der Waals surface area contributed by atoms with Gasteiger partial charge in [0.1, 0.15) is 11.4 Å². The summed E-state index contributed by atoms with van der Waals surface area (Å²) < 4.78 is 30.5. The molecule has 2 aromatic heterocycles. The van der Waals surface area contributed by atoms with E-state index >= 15 is 0 Å². The van der Waals surface area contributed by atoms with Gasteiger partial charge in [0.15, 0.2) is 0 Å². The van der Waals surface area contributed by atoms with Gasteiger partial charge in [-0.25, -0.2) is 9.78 Å². The van der Waals surface area contributed by atoms with Crippen molar-refractivity contribution in [1.29, 1.82) is 0 Å². The summed E-state index contributed by atoms with van der Waals surface area (Å²) in [4.78, 5) is 33.9. The van der Waals surface area contributed by atoms with Crippen molar-refractivity contribution < 1.29 is 28.2 Å². The Morgan fingerprint density at radius 3 is 2.53 bits per heavy atom. The van der Waals surface area contributed by atoms with Crippen LogP contribution in [0.2, 0.25) is 0 Å². The highest BCUT2D eigenvalue weighted by atomic mass is 19.3. The van der Waals surface area contributed by atoms with Crippen molar-refractivity contribution in [1.82, 2.24) is 14.9 Å². The number of ether oxygens (including phenoxy) is 1. The number of hydrogen-bond donors (Lipinski definition) is 3. The number of halogens is 2. The van der Waals surface area contributed by atoms with Crippen LogP contribution in [0, 0.1) is 6.92 Å². The highest BCUT2D eigenvalue weighted by molar-refractivity contribution is 6.01. The maximum atomic E-state index is 13.8. The lowest BCUT2D eigenvalue weighted by Crippen LogP contribution is -2.64. The van der Waals surface area contributed by atoms with Crippen molar-refractivity contribution in [2.75, 3.05) is 18.4 Å². The zero-order chi connectivity index (χ0) is 26.0. The second-order valence-electron chi connectivity index (χ2n) is 9.31. The summed E-state index contributed by atoms with van der Waals surface area (Å²) in [7, 11) is 0. The largest absolute Gasteiger partial charge is 0.477 e. The highest BCUT2D eigenvalue weighted by Gasteiger charge is 2.51. The van der Waals surface area contributed by atoms with Crippen LogP contribution in [0.3, 0.4) is 0 Å². The van der Waals surface area contributed by atoms with Crippen molar-refractivity contribution in [3.05, 3.63) is 76.7 Å². The Hall–Kier alpha value is -3.79. The number of aryl methyl sites for hydroxylation is 1. The first-order valence-corrected chi connectivity index (χ1v) is 11.6. The summed E-state index contributed by atoms with van der Waals surface area (Å²) in [6.07, 6.45) is 0. The molecule has 190 valence electrons. The molecular formula is C26H28F2N4O4. The number of carboxylic acid groups (broad SMARTS) is 1. The van der Waals surface area contributed by atoms with E-state index in [0.717, 1.165) is 11.1 Å². The lowest BCUT2D eigenvalue weighted by molar-refractivity contribution is -0.128. The zero-order valence-electron chi connectivity index (χ0n) is 20.2. The summed E-state index contributed by atoms with van der Waals surface area (Å²) >= 11 is 0. The molecule has 0 bridgehead atoms. The fraction of sp³-hybridized carbons (Fsp3) is 0.346. The molecule has 0 radical (unpaired) electrons. The summed E-state index contributed by atoms with van der Waals surface area (Å²) in [5.74, 6) is -1.58. The van der Waals surface area contributed by atoms with E-state index in [0.29, 0.717) is 31.0 Å². The van der Waals surface area contributed by atoms with Gasteiger partial charge in [-0.05, 0) is 48.2 Å². The molecule has 3 heterocycles. The molecule has 4 rings (SSSR count). The van der Waals surface area contributed by atoms with Crippen LogP contribution in [-0.2, 0) is 16.8 Å². The topological polar surface area (TPSA) is 108 Å². The molecule has 0 atom stereocenters. The van der Waals surface area contributed by atoms with Crippen molar-refractivity contribution in [2.45, 2.75) is 45.3 Å². The Bertz CT molecular complexity index is 1270. The molecule has 36 heavy (non-hydrogen) atoms. The molecule has 1 amide bonds. The number of carbonyl (C=O) groups excluding carboxylic acids is 1. The van der Waals surface area contributed by atoms with Crippen LogP contribution in [0.5, 0.6) is 5.88 Å². The van der Waals surface area contributed by atoms with Crippen LogP contribution in [-0.4, -0.2) is 51.6 Å². The number of benzene rings is 1. The number of nitrogens with zero attached hydrogens (tertiary/aromatic N) is 2. The van der Waals surface area contributed by atoms with Gasteiger partial charge in [0, 0.05) is 31.0 Å². The van der Waals surface area contributed by atoms with E-state index in [2.05, 4.69) is 20.0 Å². The molecule has 0 spiro atoms. The Morgan fingerprint density at radius 2 is 1.89 bits per heavy atom. The van der Waals surface area contributed by atoms with Crippen molar-refractivity contribution in [2.24, 2.45) is 0 Å². The fourth-order valence-corrected chi connectivity index (χ4v) is 4.64. The zero-order valence-corrected chi connectivity index (χ0v) is 20.2. The number of aromatic nitrogens is 2. The minimum atomic E-state index is -3.08. The van der Waals surface area contributed by atoms with Gasteiger partial charge in [0.05, 0.1) is 5.41 Å². The maximum Gasteiger partial charge on any atom is 0.388 e. The number of aromatic amines is 1. The van der Waals surface area contributed by atoms with Crippen LogP contribution < -0.4 is 10.1 Å². The average Bonchev–Trinajstić information content (AvgIpc) is 3.26. The number of carboxylic acids is 1. The molecule has 1 aromatic carbocycles. The number of likely N-dealkylation sites (tertiary alicyclic amines) is 1. The first-order chi connectivity index (χ1) is 17.1. The minimum absolute atomic E-state index is 0.0706. The predicted octanol–water partition coefficient (Wildman–Crippen LogP) is 4.53. The molecule has 0 saturated carbocycles. The first kappa shape index (κ1) is 25.3. The second kappa shape index (κ2) is 10.1. The molecular weight excluding hydrogens is 470 g/mol. The molecule has 3 aromatic rings. The number of alkyl halides is 2. The monoisotopic (exact) mass is 498 g/mol. The number of pyridine rings is 1. The lowest BCUT2D eigenvalue weighted by atomic mass is 9.69. The number of anilines is 1. The van der Waals surface area contributed by atoms with Gasteiger partial charge in [-0.2, -0.15) is 8.78 Å². The van der Waals surface area contributed by atoms with Crippen LogP contribution in [0.15, 0.2) is 48.5 Å². The fourth-order valence-electron chi connectivity index (χ4n) is 4.64. The van der Waals surface area contributed by atoms with Crippen LogP contribution in [0.25, 0.3) is 0 Å². The normalized spacial score (nSPS) is 15.1. The van der Waals surface area contributed by atoms with E-state index in [9.17, 15) is 18.4 Å². The van der Waals surface area contributed by atoms with Gasteiger partial charge in [-0.15, -0.1) is 0 Å². The van der Waals surface area contributed by atoms with Crippen LogP contribution >= 0.6 is 0 Å². The number of nitrogens with one attached hydrogen (secondary N) is 2. The van der Waals surface area contributed by atoms with E-state index < -0.39 is 18.0 Å².